The molecule has 8 heteroatoms. The van der Waals surface area contributed by atoms with Gasteiger partial charge in [0.2, 0.25) is 0 Å². The molecular weight excluding hydrogens is 376 g/mol. The topological polar surface area (TPSA) is 107 Å². The van der Waals surface area contributed by atoms with Gasteiger partial charge < -0.3 is 4.74 Å². The third kappa shape index (κ3) is 3.87. The summed E-state index contributed by atoms with van der Waals surface area (Å²) in [4.78, 5) is 49.8. The Morgan fingerprint density at radius 2 is 1.72 bits per heavy atom. The van der Waals surface area contributed by atoms with Crippen molar-refractivity contribution >= 4 is 23.5 Å². The van der Waals surface area contributed by atoms with Crippen LogP contribution < -0.4 is 0 Å². The molecular formula is C21H20N2O6. The van der Waals surface area contributed by atoms with Crippen LogP contribution in [0.3, 0.4) is 0 Å². The summed E-state index contributed by atoms with van der Waals surface area (Å²) in [6, 6.07) is 11.1. The lowest BCUT2D eigenvalue weighted by Gasteiger charge is -2.28. The standard InChI is InChI=1S/C21H20N2O6/c1-3-13(2)18(22-19(24)16-9-4-5-10-17(16)20(22)25)21(26)29-12-14-7-6-8-15(11-14)23(27)28/h4-11,13,18H,3,12H2,1-2H3/t13-,18-/m1/s1. The predicted octanol–water partition coefficient (Wildman–Crippen LogP) is 3.35. The molecule has 2 aromatic rings. The number of nitrogens with zero attached hydrogens (tertiary/aromatic N) is 2. The zero-order valence-electron chi connectivity index (χ0n) is 16.0. The highest BCUT2D eigenvalue weighted by Crippen LogP contribution is 2.29. The molecule has 0 fully saturated rings. The van der Waals surface area contributed by atoms with E-state index in [4.69, 9.17) is 4.74 Å². The van der Waals surface area contributed by atoms with E-state index < -0.39 is 28.7 Å². The molecule has 0 aromatic heterocycles. The molecule has 3 rings (SSSR count). The summed E-state index contributed by atoms with van der Waals surface area (Å²) in [5.74, 6) is -2.10. The van der Waals surface area contributed by atoms with Crippen molar-refractivity contribution in [3.05, 3.63) is 75.3 Å². The van der Waals surface area contributed by atoms with Crippen LogP contribution in [0.4, 0.5) is 5.69 Å². The zero-order chi connectivity index (χ0) is 21.1. The van der Waals surface area contributed by atoms with Gasteiger partial charge in [-0.1, -0.05) is 44.5 Å². The number of ether oxygens (including phenoxy) is 1. The van der Waals surface area contributed by atoms with Crippen LogP contribution in [0.1, 0.15) is 46.5 Å². The first-order valence-electron chi connectivity index (χ1n) is 9.22. The molecule has 0 radical (unpaired) electrons. The number of fused-ring (bicyclic) bond motifs is 1. The number of nitro groups is 1. The summed E-state index contributed by atoms with van der Waals surface area (Å²) < 4.78 is 5.35. The van der Waals surface area contributed by atoms with Gasteiger partial charge in [0, 0.05) is 12.1 Å². The quantitative estimate of drug-likeness (QED) is 0.307. The molecule has 0 bridgehead atoms. The molecule has 0 N–H and O–H groups in total. The van der Waals surface area contributed by atoms with Gasteiger partial charge >= 0.3 is 5.97 Å². The minimum absolute atomic E-state index is 0.114. The van der Waals surface area contributed by atoms with Gasteiger partial charge in [-0.3, -0.25) is 24.6 Å². The van der Waals surface area contributed by atoms with E-state index in [2.05, 4.69) is 0 Å². The van der Waals surface area contributed by atoms with Crippen LogP contribution in [0.2, 0.25) is 0 Å². The number of imide groups is 1. The fraction of sp³-hybridized carbons (Fsp3) is 0.286. The second kappa shape index (κ2) is 8.22. The summed E-state index contributed by atoms with van der Waals surface area (Å²) in [6.07, 6.45) is 0.546. The van der Waals surface area contributed by atoms with Crippen LogP contribution in [0, 0.1) is 16.0 Å². The first-order valence-corrected chi connectivity index (χ1v) is 9.22. The lowest BCUT2D eigenvalue weighted by molar-refractivity contribution is -0.384. The molecule has 0 spiro atoms. The molecule has 0 saturated carbocycles. The van der Waals surface area contributed by atoms with Gasteiger partial charge in [0.05, 0.1) is 16.1 Å². The number of hydrogen-bond acceptors (Lipinski definition) is 6. The van der Waals surface area contributed by atoms with Gasteiger partial charge in [-0.2, -0.15) is 0 Å². The monoisotopic (exact) mass is 396 g/mol. The Labute approximate surface area is 167 Å². The fourth-order valence-electron chi connectivity index (χ4n) is 3.28. The van der Waals surface area contributed by atoms with Crippen LogP contribution in [-0.2, 0) is 16.1 Å². The molecule has 0 aliphatic carbocycles. The van der Waals surface area contributed by atoms with E-state index >= 15 is 0 Å². The van der Waals surface area contributed by atoms with Crippen molar-refractivity contribution in [3.8, 4) is 0 Å². The number of hydrogen-bond donors (Lipinski definition) is 0. The maximum atomic E-state index is 12.9. The number of amides is 2. The fourth-order valence-corrected chi connectivity index (χ4v) is 3.28. The van der Waals surface area contributed by atoms with Crippen molar-refractivity contribution in [2.45, 2.75) is 32.9 Å². The number of nitro benzene ring substituents is 1. The lowest BCUT2D eigenvalue weighted by Crippen LogP contribution is -2.49. The molecule has 0 unspecified atom stereocenters. The minimum Gasteiger partial charge on any atom is -0.459 e. The second-order valence-electron chi connectivity index (χ2n) is 6.89. The molecule has 2 aromatic carbocycles. The van der Waals surface area contributed by atoms with E-state index in [0.717, 1.165) is 4.90 Å². The van der Waals surface area contributed by atoms with Crippen LogP contribution >= 0.6 is 0 Å². The molecule has 1 aliphatic rings. The Hall–Kier alpha value is -3.55. The van der Waals surface area contributed by atoms with E-state index in [1.165, 1.54) is 18.2 Å². The maximum Gasteiger partial charge on any atom is 0.329 e. The molecule has 1 heterocycles. The molecule has 150 valence electrons. The smallest absolute Gasteiger partial charge is 0.329 e. The van der Waals surface area contributed by atoms with Gasteiger partial charge in [-0.25, -0.2) is 4.79 Å². The second-order valence-corrected chi connectivity index (χ2v) is 6.89. The molecule has 29 heavy (non-hydrogen) atoms. The van der Waals surface area contributed by atoms with Crippen molar-refractivity contribution in [3.63, 3.8) is 0 Å². The first kappa shape index (κ1) is 20.2. The van der Waals surface area contributed by atoms with Gasteiger partial charge in [-0.05, 0) is 23.6 Å². The normalized spacial score (nSPS) is 15.0. The largest absolute Gasteiger partial charge is 0.459 e. The summed E-state index contributed by atoms with van der Waals surface area (Å²) in [6.45, 7) is 3.42. The molecule has 1 aliphatic heterocycles. The third-order valence-corrected chi connectivity index (χ3v) is 5.03. The van der Waals surface area contributed by atoms with Gasteiger partial charge in [0.15, 0.2) is 0 Å². The number of rotatable bonds is 7. The Kier molecular flexibility index (Phi) is 5.72. The average Bonchev–Trinajstić information content (AvgIpc) is 2.98. The van der Waals surface area contributed by atoms with E-state index in [0.29, 0.717) is 12.0 Å². The maximum absolute atomic E-state index is 12.9. The highest BCUT2D eigenvalue weighted by molar-refractivity contribution is 6.22. The summed E-state index contributed by atoms with van der Waals surface area (Å²) in [5, 5.41) is 10.9. The number of benzene rings is 2. The van der Waals surface area contributed by atoms with Crippen molar-refractivity contribution in [2.24, 2.45) is 5.92 Å². The zero-order valence-corrected chi connectivity index (χ0v) is 16.0. The van der Waals surface area contributed by atoms with Crippen LogP contribution in [-0.4, -0.2) is 33.6 Å². The molecule has 8 nitrogen and oxygen atoms in total. The molecule has 0 saturated heterocycles. The number of carbonyl (C=O) groups excluding carboxylic acids is 3. The minimum atomic E-state index is -1.08. The van der Waals surface area contributed by atoms with Gasteiger partial charge in [-0.15, -0.1) is 0 Å². The highest BCUT2D eigenvalue weighted by Gasteiger charge is 2.45. The number of carbonyl (C=O) groups is 3. The average molecular weight is 396 g/mol. The van der Waals surface area contributed by atoms with Crippen molar-refractivity contribution in [2.75, 3.05) is 0 Å². The Balaban J connectivity index is 1.82. The van der Waals surface area contributed by atoms with E-state index in [1.54, 1.807) is 37.3 Å². The summed E-state index contributed by atoms with van der Waals surface area (Å²) >= 11 is 0. The lowest BCUT2D eigenvalue weighted by atomic mass is 9.97. The summed E-state index contributed by atoms with van der Waals surface area (Å²) in [7, 11) is 0. The van der Waals surface area contributed by atoms with Crippen LogP contribution in [0.25, 0.3) is 0 Å². The molecule has 2 atom stereocenters. The highest BCUT2D eigenvalue weighted by atomic mass is 16.6. The van der Waals surface area contributed by atoms with Crippen LogP contribution in [0.15, 0.2) is 48.5 Å². The van der Waals surface area contributed by atoms with Crippen molar-refractivity contribution in [1.82, 2.24) is 4.90 Å². The third-order valence-electron chi connectivity index (χ3n) is 5.03. The van der Waals surface area contributed by atoms with Gasteiger partial charge in [0.25, 0.3) is 17.5 Å². The van der Waals surface area contributed by atoms with Gasteiger partial charge in [0.1, 0.15) is 12.6 Å². The van der Waals surface area contributed by atoms with Crippen molar-refractivity contribution in [1.29, 1.82) is 0 Å². The summed E-state index contributed by atoms with van der Waals surface area (Å²) in [5.41, 5.74) is 0.852. The Bertz CT molecular complexity index is 952. The Morgan fingerprint density at radius 3 is 2.28 bits per heavy atom. The SMILES string of the molecule is CC[C@@H](C)[C@H](C(=O)OCc1cccc([N+](=O)[O-])c1)N1C(=O)c2ccccc2C1=O. The van der Waals surface area contributed by atoms with Crippen LogP contribution in [0.5, 0.6) is 0 Å². The predicted molar refractivity (Wildman–Crippen MR) is 103 cm³/mol. The molecule has 2 amide bonds. The first-order chi connectivity index (χ1) is 13.8. The van der Waals surface area contributed by atoms with E-state index in [1.807, 2.05) is 6.92 Å². The number of non-ortho nitro benzene ring substituents is 1. The van der Waals surface area contributed by atoms with E-state index in [9.17, 15) is 24.5 Å². The number of esters is 1. The Morgan fingerprint density at radius 1 is 1.10 bits per heavy atom. The van der Waals surface area contributed by atoms with E-state index in [-0.39, 0.29) is 29.3 Å². The van der Waals surface area contributed by atoms with Crippen molar-refractivity contribution < 1.29 is 24.0 Å².